The third-order valence-corrected chi connectivity index (χ3v) is 4.06. The van der Waals surface area contributed by atoms with Crippen LogP contribution in [0.2, 0.25) is 0 Å². The van der Waals surface area contributed by atoms with Gasteiger partial charge in [0.05, 0.1) is 18.9 Å². The second-order valence-corrected chi connectivity index (χ2v) is 5.72. The molecule has 0 saturated heterocycles. The van der Waals surface area contributed by atoms with Gasteiger partial charge >= 0.3 is 0 Å². The molecule has 2 heterocycles. The van der Waals surface area contributed by atoms with Gasteiger partial charge in [-0.05, 0) is 38.3 Å². The highest BCUT2D eigenvalue weighted by Gasteiger charge is 2.20. The highest BCUT2D eigenvalue weighted by Crippen LogP contribution is 2.33. The largest absolute Gasteiger partial charge is 0.342 e. The molecular weight excluding hydrogens is 284 g/mol. The summed E-state index contributed by atoms with van der Waals surface area (Å²) in [5.74, 6) is 0. The predicted octanol–water partition coefficient (Wildman–Crippen LogP) is 4.45. The molecule has 0 spiro atoms. The lowest BCUT2D eigenvalue weighted by Crippen LogP contribution is -2.25. The number of nitrogens with zero attached hydrogens (tertiary/aromatic N) is 4. The Morgan fingerprint density at radius 1 is 1.22 bits per heavy atom. The smallest absolute Gasteiger partial charge is 0.0606 e. The molecule has 120 valence electrons. The van der Waals surface area contributed by atoms with Crippen molar-refractivity contribution in [3.63, 3.8) is 0 Å². The summed E-state index contributed by atoms with van der Waals surface area (Å²) < 4.78 is 0. The van der Waals surface area contributed by atoms with Gasteiger partial charge in [-0.1, -0.05) is 26.2 Å². The van der Waals surface area contributed by atoms with E-state index >= 15 is 0 Å². The molecule has 4 nitrogen and oxygen atoms in total. The molecule has 0 aromatic carbocycles. The van der Waals surface area contributed by atoms with Crippen LogP contribution in [-0.2, 0) is 0 Å². The van der Waals surface area contributed by atoms with E-state index in [1.165, 1.54) is 5.57 Å². The topological polar surface area (TPSA) is 41.4 Å². The zero-order valence-corrected chi connectivity index (χ0v) is 14.4. The SMILES string of the molecule is C=C/C(C)=C(\C)N=C(C)CN1C=C(CC)c2cnncc2C1=C. The first-order chi connectivity index (χ1) is 11.0. The van der Waals surface area contributed by atoms with Gasteiger partial charge in [-0.15, -0.1) is 0 Å². The number of hydrogen-bond donors (Lipinski definition) is 0. The Hall–Kier alpha value is -2.49. The fourth-order valence-electron chi connectivity index (χ4n) is 2.52. The average Bonchev–Trinajstić information content (AvgIpc) is 2.56. The average molecular weight is 308 g/mol. The van der Waals surface area contributed by atoms with Crippen molar-refractivity contribution in [1.82, 2.24) is 15.1 Å². The lowest BCUT2D eigenvalue weighted by molar-refractivity contribution is 0.603. The Morgan fingerprint density at radius 2 is 1.87 bits per heavy atom. The normalized spacial score (nSPS) is 15.8. The molecule has 0 radical (unpaired) electrons. The number of hydrogen-bond acceptors (Lipinski definition) is 4. The molecule has 0 amide bonds. The van der Waals surface area contributed by atoms with Crippen LogP contribution in [0.3, 0.4) is 0 Å². The third kappa shape index (κ3) is 3.65. The number of allylic oxidation sites excluding steroid dienone is 4. The maximum absolute atomic E-state index is 4.67. The first-order valence-electron chi connectivity index (χ1n) is 7.79. The van der Waals surface area contributed by atoms with Crippen molar-refractivity contribution in [2.45, 2.75) is 34.1 Å². The van der Waals surface area contributed by atoms with Crippen LogP contribution in [0, 0.1) is 0 Å². The van der Waals surface area contributed by atoms with E-state index in [2.05, 4.69) is 46.4 Å². The van der Waals surface area contributed by atoms with E-state index in [0.717, 1.165) is 40.2 Å². The lowest BCUT2D eigenvalue weighted by atomic mass is 9.96. The van der Waals surface area contributed by atoms with Gasteiger partial charge in [0.1, 0.15) is 0 Å². The van der Waals surface area contributed by atoms with Crippen molar-refractivity contribution < 1.29 is 0 Å². The summed E-state index contributed by atoms with van der Waals surface area (Å²) >= 11 is 0. The molecule has 0 N–H and O–H groups in total. The Labute approximate surface area is 138 Å². The van der Waals surface area contributed by atoms with Crippen LogP contribution >= 0.6 is 0 Å². The zero-order chi connectivity index (χ0) is 17.0. The number of aromatic nitrogens is 2. The molecule has 2 rings (SSSR count). The zero-order valence-electron chi connectivity index (χ0n) is 14.4. The van der Waals surface area contributed by atoms with Crippen molar-refractivity contribution in [2.24, 2.45) is 4.99 Å². The molecular formula is C19H24N4. The highest BCUT2D eigenvalue weighted by atomic mass is 15.1. The van der Waals surface area contributed by atoms with Crippen LogP contribution in [0.1, 0.15) is 45.2 Å². The molecule has 23 heavy (non-hydrogen) atoms. The fraction of sp³-hybridized carbons (Fsp3) is 0.316. The summed E-state index contributed by atoms with van der Waals surface area (Å²) in [5.41, 5.74) is 7.45. The second kappa shape index (κ2) is 7.18. The van der Waals surface area contributed by atoms with Crippen molar-refractivity contribution >= 4 is 17.0 Å². The van der Waals surface area contributed by atoms with Crippen molar-refractivity contribution in [2.75, 3.05) is 6.54 Å². The van der Waals surface area contributed by atoms with Crippen molar-refractivity contribution in [3.05, 3.63) is 60.2 Å². The van der Waals surface area contributed by atoms with E-state index in [9.17, 15) is 0 Å². The molecule has 0 bridgehead atoms. The molecule has 0 unspecified atom stereocenters. The van der Waals surface area contributed by atoms with Gasteiger partial charge in [0.25, 0.3) is 0 Å². The summed E-state index contributed by atoms with van der Waals surface area (Å²) in [6.45, 7) is 16.9. The van der Waals surface area contributed by atoms with Crippen LogP contribution in [0.25, 0.3) is 11.3 Å². The van der Waals surface area contributed by atoms with Crippen molar-refractivity contribution in [1.29, 1.82) is 0 Å². The standard InChI is InChI=1S/C19H24N4/c1-7-13(3)15(5)22-14(4)11-23-12-17(8-2)19-10-21-20-9-18(19)16(23)6/h7,9-10,12H,1,6,8,11H2,2-5H3/b15-13+,22-14?. The van der Waals surface area contributed by atoms with Gasteiger partial charge in [-0.3, -0.25) is 4.99 Å². The Balaban J connectivity index is 2.30. The highest BCUT2D eigenvalue weighted by molar-refractivity contribution is 5.89. The Bertz CT molecular complexity index is 723. The number of aliphatic imine (C=N–C) groups is 1. The van der Waals surface area contributed by atoms with Crippen LogP contribution in [0.5, 0.6) is 0 Å². The van der Waals surface area contributed by atoms with Crippen LogP contribution in [0.15, 0.2) is 54.1 Å². The molecule has 0 aliphatic carbocycles. The summed E-state index contributed by atoms with van der Waals surface area (Å²) in [4.78, 5) is 6.81. The quantitative estimate of drug-likeness (QED) is 0.596. The minimum absolute atomic E-state index is 0.700. The maximum atomic E-state index is 4.67. The van der Waals surface area contributed by atoms with E-state index in [4.69, 9.17) is 0 Å². The van der Waals surface area contributed by atoms with E-state index in [-0.39, 0.29) is 0 Å². The van der Waals surface area contributed by atoms with Gasteiger partial charge in [0.2, 0.25) is 0 Å². The first-order valence-corrected chi connectivity index (χ1v) is 7.79. The summed E-state index contributed by atoms with van der Waals surface area (Å²) in [6, 6.07) is 0. The van der Waals surface area contributed by atoms with Crippen LogP contribution in [-0.4, -0.2) is 27.4 Å². The predicted molar refractivity (Wildman–Crippen MR) is 97.7 cm³/mol. The number of rotatable bonds is 5. The minimum Gasteiger partial charge on any atom is -0.342 e. The van der Waals surface area contributed by atoms with E-state index in [1.54, 1.807) is 6.20 Å². The van der Waals surface area contributed by atoms with Gasteiger partial charge in [0, 0.05) is 34.4 Å². The summed E-state index contributed by atoms with van der Waals surface area (Å²) in [5, 5.41) is 8.00. The van der Waals surface area contributed by atoms with Crippen molar-refractivity contribution in [3.8, 4) is 0 Å². The van der Waals surface area contributed by atoms with E-state index in [0.29, 0.717) is 6.54 Å². The minimum atomic E-state index is 0.700. The molecule has 0 atom stereocenters. The van der Waals surface area contributed by atoms with Gasteiger partial charge in [-0.25, -0.2) is 0 Å². The fourth-order valence-corrected chi connectivity index (χ4v) is 2.52. The summed E-state index contributed by atoms with van der Waals surface area (Å²) in [6.07, 6.45) is 8.51. The number of fused-ring (bicyclic) bond motifs is 1. The molecule has 1 aliphatic heterocycles. The lowest BCUT2D eigenvalue weighted by Gasteiger charge is -2.30. The molecule has 0 fully saturated rings. The third-order valence-electron chi connectivity index (χ3n) is 4.06. The van der Waals surface area contributed by atoms with E-state index in [1.807, 2.05) is 33.0 Å². The molecule has 1 aromatic heterocycles. The van der Waals surface area contributed by atoms with Gasteiger partial charge < -0.3 is 4.90 Å². The second-order valence-electron chi connectivity index (χ2n) is 5.72. The van der Waals surface area contributed by atoms with Crippen LogP contribution in [0.4, 0.5) is 0 Å². The van der Waals surface area contributed by atoms with Crippen LogP contribution < -0.4 is 0 Å². The molecule has 0 saturated carbocycles. The molecule has 1 aliphatic rings. The molecule has 4 heteroatoms. The van der Waals surface area contributed by atoms with Gasteiger partial charge in [0.15, 0.2) is 0 Å². The maximum Gasteiger partial charge on any atom is 0.0606 e. The monoisotopic (exact) mass is 308 g/mol. The Kier molecular flexibility index (Phi) is 5.27. The Morgan fingerprint density at radius 3 is 2.48 bits per heavy atom. The van der Waals surface area contributed by atoms with E-state index < -0.39 is 0 Å². The molecule has 1 aromatic rings. The first kappa shape index (κ1) is 16.9. The summed E-state index contributed by atoms with van der Waals surface area (Å²) in [7, 11) is 0. The van der Waals surface area contributed by atoms with Gasteiger partial charge in [-0.2, -0.15) is 10.2 Å².